The number of likely N-dealkylation sites (tertiary alicyclic amines) is 1. The van der Waals surface area contributed by atoms with Gasteiger partial charge in [-0.15, -0.1) is 0 Å². The van der Waals surface area contributed by atoms with E-state index in [9.17, 15) is 9.90 Å². The van der Waals surface area contributed by atoms with Crippen LogP contribution in [0.25, 0.3) is 10.9 Å². The van der Waals surface area contributed by atoms with Gasteiger partial charge < -0.3 is 5.11 Å². The zero-order valence-electron chi connectivity index (χ0n) is 11.7. The number of nitrogens with zero attached hydrogens (tertiary/aromatic N) is 3. The number of fused-ring (bicyclic) bond motifs is 1. The Morgan fingerprint density at radius 3 is 3.05 bits per heavy atom. The van der Waals surface area contributed by atoms with Crippen molar-refractivity contribution in [3.63, 3.8) is 0 Å². The molecule has 1 aliphatic rings. The molecular weight excluding hydrogens is 290 g/mol. The second-order valence-electron chi connectivity index (χ2n) is 5.47. The van der Waals surface area contributed by atoms with E-state index < -0.39 is 0 Å². The van der Waals surface area contributed by atoms with E-state index in [4.69, 9.17) is 11.6 Å². The summed E-state index contributed by atoms with van der Waals surface area (Å²) in [5.41, 5.74) is 0.514. The second-order valence-corrected chi connectivity index (χ2v) is 5.88. The van der Waals surface area contributed by atoms with Gasteiger partial charge in [0.1, 0.15) is 0 Å². The Labute approximate surface area is 127 Å². The van der Waals surface area contributed by atoms with Crippen molar-refractivity contribution in [1.82, 2.24) is 14.5 Å². The number of halogens is 1. The van der Waals surface area contributed by atoms with Gasteiger partial charge in [0.25, 0.3) is 5.56 Å². The molecule has 0 aliphatic carbocycles. The molecule has 0 spiro atoms. The van der Waals surface area contributed by atoms with E-state index >= 15 is 0 Å². The maximum atomic E-state index is 12.5. The Morgan fingerprint density at radius 1 is 1.38 bits per heavy atom. The van der Waals surface area contributed by atoms with Crippen molar-refractivity contribution in [3.05, 3.63) is 39.9 Å². The largest absolute Gasteiger partial charge is 0.392 e. The number of aliphatic hydroxyl groups is 1. The molecule has 2 heterocycles. The predicted molar refractivity (Wildman–Crippen MR) is 82.7 cm³/mol. The van der Waals surface area contributed by atoms with E-state index in [2.05, 4.69) is 9.88 Å². The Hall–Kier alpha value is -1.43. The third-order valence-corrected chi connectivity index (χ3v) is 4.26. The van der Waals surface area contributed by atoms with Crippen LogP contribution < -0.4 is 5.56 Å². The SMILES string of the molecule is O=c1c2c(Cl)cccc2ncn1CCN1CCC[C@H](O)C1. The van der Waals surface area contributed by atoms with Crippen LogP contribution in [0.1, 0.15) is 12.8 Å². The van der Waals surface area contributed by atoms with Gasteiger partial charge in [-0.3, -0.25) is 14.3 Å². The minimum absolute atomic E-state index is 0.108. The molecular formula is C15H18ClN3O2. The van der Waals surface area contributed by atoms with Crippen molar-refractivity contribution in [2.45, 2.75) is 25.5 Å². The molecule has 112 valence electrons. The van der Waals surface area contributed by atoms with Crippen LogP contribution in [-0.2, 0) is 6.54 Å². The molecule has 1 N–H and O–H groups in total. The van der Waals surface area contributed by atoms with Gasteiger partial charge in [0.15, 0.2) is 0 Å². The third kappa shape index (κ3) is 3.10. The van der Waals surface area contributed by atoms with Crippen molar-refractivity contribution >= 4 is 22.5 Å². The lowest BCUT2D eigenvalue weighted by molar-refractivity contribution is 0.0687. The smallest absolute Gasteiger partial charge is 0.262 e. The molecule has 1 aromatic heterocycles. The van der Waals surface area contributed by atoms with Crippen LogP contribution in [0.3, 0.4) is 0 Å². The van der Waals surface area contributed by atoms with Gasteiger partial charge in [0.2, 0.25) is 0 Å². The zero-order valence-corrected chi connectivity index (χ0v) is 12.5. The van der Waals surface area contributed by atoms with Crippen LogP contribution in [0, 0.1) is 0 Å². The summed E-state index contributed by atoms with van der Waals surface area (Å²) in [6.45, 7) is 2.93. The highest BCUT2D eigenvalue weighted by Crippen LogP contribution is 2.17. The number of benzene rings is 1. The summed E-state index contributed by atoms with van der Waals surface area (Å²) in [6, 6.07) is 5.28. The van der Waals surface area contributed by atoms with Crippen molar-refractivity contribution < 1.29 is 5.11 Å². The molecule has 0 radical (unpaired) electrons. The minimum atomic E-state index is -0.250. The number of aliphatic hydroxyl groups excluding tert-OH is 1. The molecule has 0 saturated carbocycles. The number of hydrogen-bond donors (Lipinski definition) is 1. The molecule has 2 aromatic rings. The first-order valence-electron chi connectivity index (χ1n) is 7.19. The lowest BCUT2D eigenvalue weighted by Crippen LogP contribution is -2.40. The van der Waals surface area contributed by atoms with Gasteiger partial charge in [-0.1, -0.05) is 17.7 Å². The second kappa shape index (κ2) is 6.13. The maximum absolute atomic E-state index is 12.5. The maximum Gasteiger partial charge on any atom is 0.262 e. The van der Waals surface area contributed by atoms with Crippen molar-refractivity contribution in [3.8, 4) is 0 Å². The van der Waals surface area contributed by atoms with E-state index in [1.54, 1.807) is 29.1 Å². The van der Waals surface area contributed by atoms with Crippen LogP contribution in [-0.4, -0.2) is 45.3 Å². The normalized spacial score (nSPS) is 20.0. The summed E-state index contributed by atoms with van der Waals surface area (Å²) in [6.07, 6.45) is 3.18. The van der Waals surface area contributed by atoms with Gasteiger partial charge in [-0.05, 0) is 31.5 Å². The fourth-order valence-electron chi connectivity index (χ4n) is 2.80. The minimum Gasteiger partial charge on any atom is -0.392 e. The number of aromatic nitrogens is 2. The Bertz CT molecular complexity index is 701. The molecule has 1 aromatic carbocycles. The lowest BCUT2D eigenvalue weighted by atomic mass is 10.1. The predicted octanol–water partition coefficient (Wildman–Crippen LogP) is 1.51. The lowest BCUT2D eigenvalue weighted by Gasteiger charge is -2.29. The average Bonchev–Trinajstić information content (AvgIpc) is 2.47. The van der Waals surface area contributed by atoms with Crippen LogP contribution in [0.4, 0.5) is 0 Å². The van der Waals surface area contributed by atoms with Crippen LogP contribution >= 0.6 is 11.6 Å². The summed E-state index contributed by atoms with van der Waals surface area (Å²) < 4.78 is 1.59. The van der Waals surface area contributed by atoms with Crippen LogP contribution in [0.5, 0.6) is 0 Å². The van der Waals surface area contributed by atoms with E-state index in [0.717, 1.165) is 25.9 Å². The van der Waals surface area contributed by atoms with Crippen molar-refractivity contribution in [2.24, 2.45) is 0 Å². The number of rotatable bonds is 3. The van der Waals surface area contributed by atoms with Gasteiger partial charge in [0, 0.05) is 19.6 Å². The first kappa shape index (κ1) is 14.5. The van der Waals surface area contributed by atoms with Crippen molar-refractivity contribution in [1.29, 1.82) is 0 Å². The molecule has 3 rings (SSSR count). The Kier molecular flexibility index (Phi) is 4.24. The molecule has 0 amide bonds. The van der Waals surface area contributed by atoms with E-state index in [0.29, 0.717) is 29.0 Å². The highest BCUT2D eigenvalue weighted by molar-refractivity contribution is 6.35. The summed E-state index contributed by atoms with van der Waals surface area (Å²) in [5.74, 6) is 0. The molecule has 6 heteroatoms. The fraction of sp³-hybridized carbons (Fsp3) is 0.467. The molecule has 1 aliphatic heterocycles. The standard InChI is InChI=1S/C15H18ClN3O2/c16-12-4-1-5-13-14(12)15(21)19(10-17-13)8-7-18-6-2-3-11(20)9-18/h1,4-5,10-11,20H,2-3,6-9H2/t11-/m0/s1. The number of piperidine rings is 1. The molecule has 0 bridgehead atoms. The highest BCUT2D eigenvalue weighted by atomic mass is 35.5. The molecule has 0 unspecified atom stereocenters. The van der Waals surface area contributed by atoms with Crippen LogP contribution in [0.15, 0.2) is 29.3 Å². The summed E-state index contributed by atoms with van der Waals surface area (Å²) >= 11 is 6.11. The van der Waals surface area contributed by atoms with E-state index in [1.165, 1.54) is 0 Å². The highest BCUT2D eigenvalue weighted by Gasteiger charge is 2.17. The van der Waals surface area contributed by atoms with Gasteiger partial charge >= 0.3 is 0 Å². The number of β-amino-alcohol motifs (C(OH)–C–C–N with tert-alkyl or cyclic N) is 1. The molecule has 21 heavy (non-hydrogen) atoms. The monoisotopic (exact) mass is 307 g/mol. The molecule has 1 saturated heterocycles. The first-order chi connectivity index (χ1) is 10.1. The third-order valence-electron chi connectivity index (χ3n) is 3.94. The van der Waals surface area contributed by atoms with Crippen LogP contribution in [0.2, 0.25) is 5.02 Å². The average molecular weight is 308 g/mol. The Balaban J connectivity index is 1.80. The van der Waals surface area contributed by atoms with Gasteiger partial charge in [0.05, 0.1) is 28.4 Å². The quantitative estimate of drug-likeness (QED) is 0.934. The first-order valence-corrected chi connectivity index (χ1v) is 7.57. The fourth-order valence-corrected chi connectivity index (χ4v) is 3.05. The topological polar surface area (TPSA) is 58.4 Å². The Morgan fingerprint density at radius 2 is 2.24 bits per heavy atom. The summed E-state index contributed by atoms with van der Waals surface area (Å²) in [5, 5.41) is 10.6. The van der Waals surface area contributed by atoms with Crippen molar-refractivity contribution in [2.75, 3.05) is 19.6 Å². The van der Waals surface area contributed by atoms with E-state index in [1.807, 2.05) is 0 Å². The number of hydrogen-bond acceptors (Lipinski definition) is 4. The summed E-state index contributed by atoms with van der Waals surface area (Å²) in [4.78, 5) is 18.9. The molecule has 5 nitrogen and oxygen atoms in total. The van der Waals surface area contributed by atoms with Gasteiger partial charge in [-0.2, -0.15) is 0 Å². The molecule has 1 fully saturated rings. The zero-order chi connectivity index (χ0) is 14.8. The van der Waals surface area contributed by atoms with Gasteiger partial charge in [-0.25, -0.2) is 4.98 Å². The molecule has 1 atom stereocenters. The van der Waals surface area contributed by atoms with E-state index in [-0.39, 0.29) is 11.7 Å². The summed E-state index contributed by atoms with van der Waals surface area (Å²) in [7, 11) is 0.